The standard InChI is InChI=1S/C13H18ClNO3S2/c14-13-2-1-12(7-11(13)9-16)20(17,18)15-8-10-3-5-19-6-4-10/h1-2,7,10,15-16H,3-6,8-9H2. The molecule has 2 rings (SSSR count). The predicted molar refractivity (Wildman–Crippen MR) is 82.6 cm³/mol. The maximum atomic E-state index is 12.2. The lowest BCUT2D eigenvalue weighted by Crippen LogP contribution is -2.31. The number of aliphatic hydroxyl groups is 1. The number of aliphatic hydroxyl groups excluding tert-OH is 1. The Kier molecular flexibility index (Phi) is 5.74. The lowest BCUT2D eigenvalue weighted by Gasteiger charge is -2.21. The van der Waals surface area contributed by atoms with Crippen LogP contribution in [0.2, 0.25) is 5.02 Å². The van der Waals surface area contributed by atoms with Gasteiger partial charge < -0.3 is 5.11 Å². The molecular weight excluding hydrogens is 318 g/mol. The van der Waals surface area contributed by atoms with Crippen molar-refractivity contribution < 1.29 is 13.5 Å². The summed E-state index contributed by atoms with van der Waals surface area (Å²) in [6.07, 6.45) is 2.10. The highest BCUT2D eigenvalue weighted by molar-refractivity contribution is 7.99. The first-order chi connectivity index (χ1) is 9.53. The van der Waals surface area contributed by atoms with Gasteiger partial charge in [0, 0.05) is 11.6 Å². The third kappa shape index (κ3) is 4.11. The molecule has 1 heterocycles. The number of thioether (sulfide) groups is 1. The van der Waals surface area contributed by atoms with Crippen LogP contribution in [0.1, 0.15) is 18.4 Å². The van der Waals surface area contributed by atoms with Gasteiger partial charge in [0.25, 0.3) is 0 Å². The van der Waals surface area contributed by atoms with E-state index < -0.39 is 10.0 Å². The third-order valence-electron chi connectivity index (χ3n) is 3.40. The SMILES string of the molecule is O=S(=O)(NCC1CCSCC1)c1ccc(Cl)c(CO)c1. The van der Waals surface area contributed by atoms with E-state index in [0.29, 0.717) is 23.0 Å². The molecule has 0 aliphatic carbocycles. The highest BCUT2D eigenvalue weighted by atomic mass is 35.5. The Morgan fingerprint density at radius 1 is 1.35 bits per heavy atom. The molecule has 1 aromatic carbocycles. The molecular formula is C13H18ClNO3S2. The van der Waals surface area contributed by atoms with Gasteiger partial charge in [-0.3, -0.25) is 0 Å². The van der Waals surface area contributed by atoms with Crippen molar-refractivity contribution in [2.24, 2.45) is 5.92 Å². The number of hydrogen-bond donors (Lipinski definition) is 2. The number of hydrogen-bond acceptors (Lipinski definition) is 4. The number of benzene rings is 1. The summed E-state index contributed by atoms with van der Waals surface area (Å²) in [4.78, 5) is 0.149. The van der Waals surface area contributed by atoms with Crippen molar-refractivity contribution >= 4 is 33.4 Å². The van der Waals surface area contributed by atoms with Crippen molar-refractivity contribution in [1.29, 1.82) is 0 Å². The van der Waals surface area contributed by atoms with E-state index in [1.54, 1.807) is 0 Å². The van der Waals surface area contributed by atoms with Gasteiger partial charge in [-0.25, -0.2) is 13.1 Å². The highest BCUT2D eigenvalue weighted by Crippen LogP contribution is 2.23. The van der Waals surface area contributed by atoms with E-state index in [4.69, 9.17) is 16.7 Å². The topological polar surface area (TPSA) is 66.4 Å². The molecule has 0 amide bonds. The monoisotopic (exact) mass is 335 g/mol. The third-order valence-corrected chi connectivity index (χ3v) is 6.24. The molecule has 0 atom stereocenters. The average Bonchev–Trinajstić information content (AvgIpc) is 2.46. The zero-order valence-electron chi connectivity index (χ0n) is 11.0. The summed E-state index contributed by atoms with van der Waals surface area (Å²) < 4.78 is 27.1. The minimum absolute atomic E-state index is 0.149. The zero-order valence-corrected chi connectivity index (χ0v) is 13.4. The van der Waals surface area contributed by atoms with E-state index >= 15 is 0 Å². The van der Waals surface area contributed by atoms with Crippen molar-refractivity contribution in [1.82, 2.24) is 4.72 Å². The first kappa shape index (κ1) is 16.1. The van der Waals surface area contributed by atoms with Crippen molar-refractivity contribution in [3.05, 3.63) is 28.8 Å². The van der Waals surface area contributed by atoms with Crippen molar-refractivity contribution in [3.63, 3.8) is 0 Å². The van der Waals surface area contributed by atoms with Gasteiger partial charge in [0.05, 0.1) is 11.5 Å². The van der Waals surface area contributed by atoms with Crippen LogP contribution in [0, 0.1) is 5.92 Å². The van der Waals surface area contributed by atoms with Crippen LogP contribution in [-0.4, -0.2) is 31.6 Å². The molecule has 1 aromatic rings. The first-order valence-corrected chi connectivity index (χ1v) is 9.51. The van der Waals surface area contributed by atoms with Gasteiger partial charge in [-0.15, -0.1) is 0 Å². The Hall–Kier alpha value is -0.270. The van der Waals surface area contributed by atoms with E-state index in [1.807, 2.05) is 11.8 Å². The van der Waals surface area contributed by atoms with Gasteiger partial charge in [-0.2, -0.15) is 11.8 Å². The number of rotatable bonds is 5. The van der Waals surface area contributed by atoms with Crippen LogP contribution in [0.15, 0.2) is 23.1 Å². The van der Waals surface area contributed by atoms with E-state index in [1.165, 1.54) is 18.2 Å². The number of sulfonamides is 1. The molecule has 1 aliphatic rings. The van der Waals surface area contributed by atoms with Crippen LogP contribution in [0.4, 0.5) is 0 Å². The second-order valence-electron chi connectivity index (χ2n) is 4.82. The molecule has 1 aliphatic heterocycles. The highest BCUT2D eigenvalue weighted by Gasteiger charge is 2.19. The van der Waals surface area contributed by atoms with Crippen LogP contribution < -0.4 is 4.72 Å². The summed E-state index contributed by atoms with van der Waals surface area (Å²) in [5.74, 6) is 2.61. The largest absolute Gasteiger partial charge is 0.392 e. The van der Waals surface area contributed by atoms with Crippen molar-refractivity contribution in [2.75, 3.05) is 18.1 Å². The smallest absolute Gasteiger partial charge is 0.240 e. The molecule has 1 saturated heterocycles. The Labute approximate surface area is 129 Å². The molecule has 0 saturated carbocycles. The van der Waals surface area contributed by atoms with Crippen LogP contribution >= 0.6 is 23.4 Å². The molecule has 4 nitrogen and oxygen atoms in total. The molecule has 112 valence electrons. The van der Waals surface area contributed by atoms with Gasteiger partial charge in [0.1, 0.15) is 0 Å². The zero-order chi connectivity index (χ0) is 14.6. The Bertz CT molecular complexity index is 557. The lowest BCUT2D eigenvalue weighted by molar-refractivity contribution is 0.281. The van der Waals surface area contributed by atoms with Gasteiger partial charge in [-0.1, -0.05) is 11.6 Å². The molecule has 2 N–H and O–H groups in total. The molecule has 1 fully saturated rings. The minimum atomic E-state index is -3.54. The first-order valence-electron chi connectivity index (χ1n) is 6.49. The van der Waals surface area contributed by atoms with E-state index in [2.05, 4.69) is 4.72 Å². The molecule has 0 radical (unpaired) electrons. The average molecular weight is 336 g/mol. The maximum Gasteiger partial charge on any atom is 0.240 e. The Morgan fingerprint density at radius 2 is 2.05 bits per heavy atom. The van der Waals surface area contributed by atoms with Crippen LogP contribution in [0.3, 0.4) is 0 Å². The van der Waals surface area contributed by atoms with Crippen molar-refractivity contribution in [2.45, 2.75) is 24.3 Å². The summed E-state index contributed by atoms with van der Waals surface area (Å²) in [5.41, 5.74) is 0.420. The summed E-state index contributed by atoms with van der Waals surface area (Å²) in [6, 6.07) is 4.38. The Balaban J connectivity index is 2.05. The molecule has 7 heteroatoms. The normalized spacial score (nSPS) is 17.3. The maximum absolute atomic E-state index is 12.2. The van der Waals surface area contributed by atoms with Gasteiger partial charge in [0.15, 0.2) is 0 Å². The molecule has 0 unspecified atom stereocenters. The summed E-state index contributed by atoms with van der Waals surface area (Å²) in [7, 11) is -3.54. The molecule has 0 bridgehead atoms. The van der Waals surface area contributed by atoms with Gasteiger partial charge in [0.2, 0.25) is 10.0 Å². The minimum Gasteiger partial charge on any atom is -0.392 e. The summed E-state index contributed by atoms with van der Waals surface area (Å²) in [6.45, 7) is 0.196. The molecule has 20 heavy (non-hydrogen) atoms. The molecule has 0 aromatic heterocycles. The van der Waals surface area contributed by atoms with Crippen LogP contribution in [-0.2, 0) is 16.6 Å². The Morgan fingerprint density at radius 3 is 2.70 bits per heavy atom. The number of halogens is 1. The van der Waals surface area contributed by atoms with Gasteiger partial charge in [-0.05, 0) is 54.0 Å². The fourth-order valence-corrected chi connectivity index (χ4v) is 4.65. The summed E-state index contributed by atoms with van der Waals surface area (Å²) in [5, 5.41) is 9.51. The second-order valence-corrected chi connectivity index (χ2v) is 8.22. The van der Waals surface area contributed by atoms with E-state index in [0.717, 1.165) is 24.3 Å². The number of nitrogens with one attached hydrogen (secondary N) is 1. The van der Waals surface area contributed by atoms with E-state index in [9.17, 15) is 8.42 Å². The second kappa shape index (κ2) is 7.13. The van der Waals surface area contributed by atoms with Gasteiger partial charge >= 0.3 is 0 Å². The van der Waals surface area contributed by atoms with Crippen molar-refractivity contribution in [3.8, 4) is 0 Å². The lowest BCUT2D eigenvalue weighted by atomic mass is 10.0. The summed E-state index contributed by atoms with van der Waals surface area (Å²) >= 11 is 7.78. The fraction of sp³-hybridized carbons (Fsp3) is 0.538. The predicted octanol–water partition coefficient (Wildman–Crippen LogP) is 2.25. The van der Waals surface area contributed by atoms with E-state index in [-0.39, 0.29) is 11.5 Å². The fourth-order valence-electron chi connectivity index (χ4n) is 2.10. The quantitative estimate of drug-likeness (QED) is 0.866. The van der Waals surface area contributed by atoms with Crippen LogP contribution in [0.5, 0.6) is 0 Å². The van der Waals surface area contributed by atoms with Crippen LogP contribution in [0.25, 0.3) is 0 Å². The molecule has 0 spiro atoms.